The molecule has 1 aromatic heterocycles. The van der Waals surface area contributed by atoms with E-state index in [4.69, 9.17) is 0 Å². The largest absolute Gasteiger partial charge is 0.310 e. The molecule has 94 valence electrons. The highest BCUT2D eigenvalue weighted by Gasteiger charge is 2.17. The molecule has 0 atom stereocenters. The predicted molar refractivity (Wildman–Crippen MR) is 69.0 cm³/mol. The Morgan fingerprint density at radius 3 is 2.33 bits per heavy atom. The van der Waals surface area contributed by atoms with E-state index in [0.29, 0.717) is 11.5 Å². The van der Waals surface area contributed by atoms with Crippen molar-refractivity contribution in [1.82, 2.24) is 9.97 Å². The first kappa shape index (κ1) is 12.5. The number of H-pyrrole nitrogens is 1. The molecule has 0 saturated carbocycles. The topological polar surface area (TPSA) is 45.8 Å². The van der Waals surface area contributed by atoms with Crippen molar-refractivity contribution in [3.8, 4) is 11.3 Å². The fourth-order valence-electron chi connectivity index (χ4n) is 1.58. The van der Waals surface area contributed by atoms with Crippen LogP contribution in [-0.2, 0) is 5.41 Å². The Hall–Kier alpha value is -1.97. The van der Waals surface area contributed by atoms with E-state index in [0.717, 1.165) is 5.56 Å². The number of aromatic amines is 1. The molecule has 0 bridgehead atoms. The Balaban J connectivity index is 2.55. The van der Waals surface area contributed by atoms with Crippen LogP contribution in [0.5, 0.6) is 0 Å². The average Bonchev–Trinajstić information content (AvgIpc) is 2.28. The summed E-state index contributed by atoms with van der Waals surface area (Å²) in [4.78, 5) is 18.8. The minimum atomic E-state index is -0.306. The number of hydrogen-bond acceptors (Lipinski definition) is 2. The number of halogens is 1. The summed E-state index contributed by atoms with van der Waals surface area (Å²) in [5, 5.41) is 0. The highest BCUT2D eigenvalue weighted by molar-refractivity contribution is 5.58. The van der Waals surface area contributed by atoms with Crippen LogP contribution in [0.15, 0.2) is 35.1 Å². The molecule has 4 heteroatoms. The zero-order valence-corrected chi connectivity index (χ0v) is 10.6. The smallest absolute Gasteiger partial charge is 0.251 e. The van der Waals surface area contributed by atoms with E-state index < -0.39 is 0 Å². The van der Waals surface area contributed by atoms with Crippen molar-refractivity contribution in [2.75, 3.05) is 0 Å². The van der Waals surface area contributed by atoms with Gasteiger partial charge in [0.05, 0.1) is 5.69 Å². The Morgan fingerprint density at radius 1 is 1.17 bits per heavy atom. The Morgan fingerprint density at radius 2 is 1.78 bits per heavy atom. The number of rotatable bonds is 1. The van der Waals surface area contributed by atoms with Gasteiger partial charge in [-0.15, -0.1) is 0 Å². The molecule has 0 amide bonds. The van der Waals surface area contributed by atoms with Crippen molar-refractivity contribution in [3.05, 3.63) is 52.3 Å². The van der Waals surface area contributed by atoms with Gasteiger partial charge in [-0.1, -0.05) is 20.8 Å². The van der Waals surface area contributed by atoms with Gasteiger partial charge in [0, 0.05) is 17.0 Å². The normalized spacial score (nSPS) is 11.6. The van der Waals surface area contributed by atoms with Crippen molar-refractivity contribution in [2.24, 2.45) is 0 Å². The molecule has 0 aliphatic rings. The summed E-state index contributed by atoms with van der Waals surface area (Å²) < 4.78 is 12.9. The molecule has 0 fully saturated rings. The molecule has 3 nitrogen and oxygen atoms in total. The van der Waals surface area contributed by atoms with E-state index in [1.54, 1.807) is 12.1 Å². The van der Waals surface area contributed by atoms with E-state index in [-0.39, 0.29) is 16.8 Å². The van der Waals surface area contributed by atoms with Crippen LogP contribution in [0.25, 0.3) is 11.3 Å². The third kappa shape index (κ3) is 2.64. The fourth-order valence-corrected chi connectivity index (χ4v) is 1.58. The third-order valence-electron chi connectivity index (χ3n) is 2.59. The highest BCUT2D eigenvalue weighted by Crippen LogP contribution is 2.21. The number of aromatic nitrogens is 2. The van der Waals surface area contributed by atoms with Gasteiger partial charge in [0.1, 0.15) is 11.6 Å². The van der Waals surface area contributed by atoms with Crippen LogP contribution in [0, 0.1) is 5.82 Å². The Kier molecular flexibility index (Phi) is 3.03. The monoisotopic (exact) mass is 246 g/mol. The zero-order chi connectivity index (χ0) is 13.3. The van der Waals surface area contributed by atoms with Crippen molar-refractivity contribution in [2.45, 2.75) is 26.2 Å². The van der Waals surface area contributed by atoms with Gasteiger partial charge in [0.15, 0.2) is 0 Å². The number of benzene rings is 1. The molecule has 0 radical (unpaired) electrons. The van der Waals surface area contributed by atoms with Crippen LogP contribution in [0.3, 0.4) is 0 Å². The first-order valence-electron chi connectivity index (χ1n) is 5.74. The predicted octanol–water partition coefficient (Wildman–Crippen LogP) is 2.87. The van der Waals surface area contributed by atoms with E-state index in [1.165, 1.54) is 18.2 Å². The number of hydrogen-bond donors (Lipinski definition) is 1. The number of nitrogens with zero attached hydrogens (tertiary/aromatic N) is 1. The van der Waals surface area contributed by atoms with Gasteiger partial charge in [0.25, 0.3) is 5.56 Å². The average molecular weight is 246 g/mol. The van der Waals surface area contributed by atoms with Crippen LogP contribution in [0.2, 0.25) is 0 Å². The van der Waals surface area contributed by atoms with Crippen molar-refractivity contribution < 1.29 is 4.39 Å². The Labute approximate surface area is 105 Å². The summed E-state index contributed by atoms with van der Waals surface area (Å²) in [5.41, 5.74) is 0.848. The molecule has 18 heavy (non-hydrogen) atoms. The van der Waals surface area contributed by atoms with Crippen LogP contribution in [0.1, 0.15) is 26.6 Å². The summed E-state index contributed by atoms with van der Waals surface area (Å²) >= 11 is 0. The first-order valence-corrected chi connectivity index (χ1v) is 5.74. The van der Waals surface area contributed by atoms with Gasteiger partial charge in [-0.25, -0.2) is 9.37 Å². The van der Waals surface area contributed by atoms with Gasteiger partial charge >= 0.3 is 0 Å². The summed E-state index contributed by atoms with van der Waals surface area (Å²) in [5.74, 6) is 0.314. The molecule has 0 spiro atoms. The molecule has 1 aromatic carbocycles. The molecular formula is C14H15FN2O. The molecule has 0 aliphatic carbocycles. The molecular weight excluding hydrogens is 231 g/mol. The molecule has 2 rings (SSSR count). The Bertz CT molecular complexity index is 609. The third-order valence-corrected chi connectivity index (χ3v) is 2.59. The second-order valence-electron chi connectivity index (χ2n) is 5.24. The van der Waals surface area contributed by atoms with E-state index in [9.17, 15) is 9.18 Å². The second-order valence-corrected chi connectivity index (χ2v) is 5.24. The van der Waals surface area contributed by atoms with E-state index in [2.05, 4.69) is 9.97 Å². The SMILES string of the molecule is CC(C)(C)c1nc(-c2ccc(F)cc2)cc(=O)[nH]1. The van der Waals surface area contributed by atoms with Gasteiger partial charge in [-0.2, -0.15) is 0 Å². The van der Waals surface area contributed by atoms with Crippen LogP contribution in [0.4, 0.5) is 4.39 Å². The van der Waals surface area contributed by atoms with Crippen molar-refractivity contribution >= 4 is 0 Å². The van der Waals surface area contributed by atoms with Crippen molar-refractivity contribution in [3.63, 3.8) is 0 Å². The van der Waals surface area contributed by atoms with Gasteiger partial charge < -0.3 is 4.98 Å². The summed E-state index contributed by atoms with van der Waals surface area (Å²) in [6, 6.07) is 7.36. The lowest BCUT2D eigenvalue weighted by atomic mass is 9.95. The van der Waals surface area contributed by atoms with E-state index in [1.807, 2.05) is 20.8 Å². The van der Waals surface area contributed by atoms with E-state index >= 15 is 0 Å². The van der Waals surface area contributed by atoms with Crippen LogP contribution in [-0.4, -0.2) is 9.97 Å². The maximum absolute atomic E-state index is 12.9. The summed E-state index contributed by atoms with van der Waals surface area (Å²) in [7, 11) is 0. The maximum atomic E-state index is 12.9. The lowest BCUT2D eigenvalue weighted by Gasteiger charge is -2.17. The van der Waals surface area contributed by atoms with Crippen molar-refractivity contribution in [1.29, 1.82) is 0 Å². The number of nitrogens with one attached hydrogen (secondary N) is 1. The summed E-state index contributed by atoms with van der Waals surface area (Å²) in [6.45, 7) is 5.92. The van der Waals surface area contributed by atoms with Crippen LogP contribution >= 0.6 is 0 Å². The fraction of sp³-hybridized carbons (Fsp3) is 0.286. The molecule has 2 aromatic rings. The zero-order valence-electron chi connectivity index (χ0n) is 10.6. The molecule has 1 heterocycles. The molecule has 0 unspecified atom stereocenters. The van der Waals surface area contributed by atoms with Gasteiger partial charge in [-0.3, -0.25) is 4.79 Å². The molecule has 1 N–H and O–H groups in total. The first-order chi connectivity index (χ1) is 8.36. The molecule has 0 aliphatic heterocycles. The lowest BCUT2D eigenvalue weighted by molar-refractivity contribution is 0.543. The minimum absolute atomic E-state index is 0.200. The lowest BCUT2D eigenvalue weighted by Crippen LogP contribution is -2.21. The minimum Gasteiger partial charge on any atom is -0.310 e. The highest BCUT2D eigenvalue weighted by atomic mass is 19.1. The second kappa shape index (κ2) is 4.37. The standard InChI is InChI=1S/C14H15FN2O/c1-14(2,3)13-16-11(8-12(18)17-13)9-4-6-10(15)7-5-9/h4-8H,1-3H3,(H,16,17,18). The van der Waals surface area contributed by atoms with Gasteiger partial charge in [0.2, 0.25) is 0 Å². The summed E-state index contributed by atoms with van der Waals surface area (Å²) in [6.07, 6.45) is 0. The van der Waals surface area contributed by atoms with Gasteiger partial charge in [-0.05, 0) is 24.3 Å². The quantitative estimate of drug-likeness (QED) is 0.841. The molecule has 0 saturated heterocycles. The maximum Gasteiger partial charge on any atom is 0.251 e. The van der Waals surface area contributed by atoms with Crippen LogP contribution < -0.4 is 5.56 Å².